The van der Waals surface area contributed by atoms with Gasteiger partial charge in [0.1, 0.15) is 10.9 Å². The van der Waals surface area contributed by atoms with Gasteiger partial charge in [-0.25, -0.2) is 0 Å². The van der Waals surface area contributed by atoms with Crippen LogP contribution in [0.15, 0.2) is 47.1 Å². The SMILES string of the molecule is C=C1/C(=C\C=C2/CCC[C@]3(C)C(C(C)SC(CC)C(=O)OC(C)(C)C)=CC[C@@H]23)C[C@@H](O)C[C@@H]1O. The van der Waals surface area contributed by atoms with Crippen LogP contribution in [0.5, 0.6) is 0 Å². The molecule has 34 heavy (non-hydrogen) atoms. The van der Waals surface area contributed by atoms with Crippen LogP contribution in [-0.4, -0.2) is 44.5 Å². The molecular weight excluding hydrogens is 444 g/mol. The number of rotatable bonds is 6. The highest BCUT2D eigenvalue weighted by atomic mass is 32.2. The van der Waals surface area contributed by atoms with Crippen LogP contribution in [0.4, 0.5) is 0 Å². The van der Waals surface area contributed by atoms with E-state index in [4.69, 9.17) is 4.74 Å². The van der Waals surface area contributed by atoms with Crippen LogP contribution in [0, 0.1) is 11.3 Å². The quantitative estimate of drug-likeness (QED) is 0.340. The second-order valence-electron chi connectivity index (χ2n) is 11.5. The van der Waals surface area contributed by atoms with E-state index in [1.54, 1.807) is 11.8 Å². The maximum Gasteiger partial charge on any atom is 0.319 e. The van der Waals surface area contributed by atoms with E-state index in [1.165, 1.54) is 11.1 Å². The predicted octanol–water partition coefficient (Wildman–Crippen LogP) is 6.29. The number of hydrogen-bond donors (Lipinski definition) is 2. The van der Waals surface area contributed by atoms with Crippen molar-refractivity contribution in [1.29, 1.82) is 0 Å². The molecule has 0 aromatic carbocycles. The molecule has 0 spiro atoms. The van der Waals surface area contributed by atoms with E-state index in [-0.39, 0.29) is 21.9 Å². The van der Waals surface area contributed by atoms with Crippen molar-refractivity contribution in [1.82, 2.24) is 0 Å². The summed E-state index contributed by atoms with van der Waals surface area (Å²) in [5.74, 6) is 0.351. The number of aliphatic hydroxyl groups is 2. The van der Waals surface area contributed by atoms with Crippen LogP contribution in [0.1, 0.15) is 86.5 Å². The molecule has 3 aliphatic rings. The lowest BCUT2D eigenvalue weighted by Crippen LogP contribution is -2.35. The van der Waals surface area contributed by atoms with Gasteiger partial charge in [0.25, 0.3) is 0 Å². The Morgan fingerprint density at radius 3 is 2.71 bits per heavy atom. The molecule has 0 aromatic rings. The van der Waals surface area contributed by atoms with Gasteiger partial charge in [0.15, 0.2) is 0 Å². The van der Waals surface area contributed by atoms with Crippen LogP contribution >= 0.6 is 11.8 Å². The van der Waals surface area contributed by atoms with Crippen molar-refractivity contribution >= 4 is 17.7 Å². The fraction of sp³-hybridized carbons (Fsp3) is 0.690. The molecule has 0 amide bonds. The lowest BCUT2D eigenvalue weighted by molar-refractivity contribution is -0.154. The summed E-state index contributed by atoms with van der Waals surface area (Å²) < 4.78 is 5.68. The second kappa shape index (κ2) is 10.8. The summed E-state index contributed by atoms with van der Waals surface area (Å²) >= 11 is 1.74. The minimum atomic E-state index is -0.654. The number of aliphatic hydroxyl groups excluding tert-OH is 2. The number of thioether (sulfide) groups is 1. The summed E-state index contributed by atoms with van der Waals surface area (Å²) in [7, 11) is 0. The van der Waals surface area contributed by atoms with Gasteiger partial charge in [-0.15, -0.1) is 11.8 Å². The molecule has 0 saturated heterocycles. The van der Waals surface area contributed by atoms with E-state index in [0.717, 1.165) is 43.3 Å². The molecule has 0 aliphatic heterocycles. The minimum absolute atomic E-state index is 0.101. The highest BCUT2D eigenvalue weighted by Gasteiger charge is 2.46. The summed E-state index contributed by atoms with van der Waals surface area (Å²) in [6.07, 6.45) is 11.7. The normalized spacial score (nSPS) is 34.1. The number of carbonyl (C=O) groups is 1. The smallest absolute Gasteiger partial charge is 0.319 e. The van der Waals surface area contributed by atoms with E-state index in [9.17, 15) is 15.0 Å². The zero-order chi connectivity index (χ0) is 25.3. The molecule has 4 nitrogen and oxygen atoms in total. The Morgan fingerprint density at radius 2 is 2.06 bits per heavy atom. The van der Waals surface area contributed by atoms with Crippen molar-refractivity contribution in [2.24, 2.45) is 11.3 Å². The van der Waals surface area contributed by atoms with E-state index < -0.39 is 17.8 Å². The molecule has 5 heteroatoms. The Bertz CT molecular complexity index is 877. The van der Waals surface area contributed by atoms with Gasteiger partial charge >= 0.3 is 5.97 Å². The molecule has 6 atom stereocenters. The van der Waals surface area contributed by atoms with Crippen molar-refractivity contribution in [2.45, 2.75) is 115 Å². The molecule has 0 radical (unpaired) electrons. The van der Waals surface area contributed by atoms with E-state index in [0.29, 0.717) is 18.8 Å². The molecule has 190 valence electrons. The lowest BCUT2D eigenvalue weighted by Gasteiger charge is -2.42. The highest BCUT2D eigenvalue weighted by molar-refractivity contribution is 8.01. The molecule has 3 aliphatic carbocycles. The third-order valence-corrected chi connectivity index (χ3v) is 9.24. The minimum Gasteiger partial charge on any atom is -0.459 e. The molecule has 2 unspecified atom stereocenters. The van der Waals surface area contributed by atoms with Gasteiger partial charge < -0.3 is 14.9 Å². The highest BCUT2D eigenvalue weighted by Crippen LogP contribution is 2.57. The number of fused-ring (bicyclic) bond motifs is 1. The first-order chi connectivity index (χ1) is 15.9. The van der Waals surface area contributed by atoms with Crippen molar-refractivity contribution in [3.8, 4) is 0 Å². The first-order valence-corrected chi connectivity index (χ1v) is 13.8. The van der Waals surface area contributed by atoms with Crippen molar-refractivity contribution in [3.63, 3.8) is 0 Å². The monoisotopic (exact) mass is 488 g/mol. The Balaban J connectivity index is 1.74. The fourth-order valence-electron chi connectivity index (χ4n) is 5.95. The molecule has 0 heterocycles. The van der Waals surface area contributed by atoms with Gasteiger partial charge in [-0.3, -0.25) is 4.79 Å². The average Bonchev–Trinajstić information content (AvgIpc) is 3.09. The third-order valence-electron chi connectivity index (χ3n) is 7.72. The molecule has 0 aromatic heterocycles. The number of allylic oxidation sites excluding steroid dienone is 4. The molecular formula is C29H44O4S. The largest absolute Gasteiger partial charge is 0.459 e. The van der Waals surface area contributed by atoms with Crippen LogP contribution in [-0.2, 0) is 9.53 Å². The van der Waals surface area contributed by atoms with Gasteiger partial charge in [-0.2, -0.15) is 0 Å². The molecule has 2 fully saturated rings. The third kappa shape index (κ3) is 6.09. The lowest BCUT2D eigenvalue weighted by atomic mass is 9.64. The number of ether oxygens (including phenoxy) is 1. The maximum absolute atomic E-state index is 12.7. The first-order valence-electron chi connectivity index (χ1n) is 12.9. The van der Waals surface area contributed by atoms with Crippen LogP contribution in [0.2, 0.25) is 0 Å². The molecule has 2 N–H and O–H groups in total. The van der Waals surface area contributed by atoms with Gasteiger partial charge in [0.2, 0.25) is 0 Å². The Kier molecular flexibility index (Phi) is 8.63. The number of esters is 1. The molecule has 3 rings (SSSR count). The van der Waals surface area contributed by atoms with Crippen LogP contribution in [0.25, 0.3) is 0 Å². The summed E-state index contributed by atoms with van der Waals surface area (Å²) in [6.45, 7) is 16.5. The Morgan fingerprint density at radius 1 is 1.35 bits per heavy atom. The average molecular weight is 489 g/mol. The van der Waals surface area contributed by atoms with Crippen LogP contribution in [0.3, 0.4) is 0 Å². The fourth-order valence-corrected chi connectivity index (χ4v) is 7.31. The van der Waals surface area contributed by atoms with Crippen molar-refractivity contribution < 1.29 is 19.7 Å². The summed E-state index contributed by atoms with van der Waals surface area (Å²) in [4.78, 5) is 12.7. The van der Waals surface area contributed by atoms with Crippen LogP contribution < -0.4 is 0 Å². The van der Waals surface area contributed by atoms with Crippen molar-refractivity contribution in [3.05, 3.63) is 47.1 Å². The van der Waals surface area contributed by atoms with Gasteiger partial charge in [-0.1, -0.05) is 49.8 Å². The van der Waals surface area contributed by atoms with E-state index >= 15 is 0 Å². The molecule has 2 saturated carbocycles. The van der Waals surface area contributed by atoms with E-state index in [1.807, 2.05) is 20.8 Å². The van der Waals surface area contributed by atoms with Gasteiger partial charge in [0, 0.05) is 11.7 Å². The Hall–Kier alpha value is -1.30. The summed E-state index contributed by atoms with van der Waals surface area (Å²) in [5.41, 5.74) is 4.25. The van der Waals surface area contributed by atoms with E-state index in [2.05, 4.69) is 45.6 Å². The maximum atomic E-state index is 12.7. The van der Waals surface area contributed by atoms with Crippen molar-refractivity contribution in [2.75, 3.05) is 0 Å². The number of carbonyl (C=O) groups excluding carboxylic acids is 1. The first kappa shape index (κ1) is 27.3. The zero-order valence-corrected chi connectivity index (χ0v) is 22.7. The summed E-state index contributed by atoms with van der Waals surface area (Å²) in [6, 6.07) is 0. The molecule has 0 bridgehead atoms. The zero-order valence-electron chi connectivity index (χ0n) is 21.9. The van der Waals surface area contributed by atoms with Gasteiger partial charge in [-0.05, 0) is 88.7 Å². The standard InChI is InChI=1S/C29H44O4S/c1-8-26(27(32)33-28(4,5)6)34-19(3)23-13-14-24-20(10-9-15-29(23,24)7)11-12-21-16-22(30)17-25(31)18(21)2/h11-13,19,22,24-26,30-31H,2,8-10,14-17H2,1,3-7H3/b20-11+,21-12-/t19?,22-,24+,25+,26?,29-/m1/s1. The van der Waals surface area contributed by atoms with Gasteiger partial charge in [0.05, 0.1) is 12.2 Å². The topological polar surface area (TPSA) is 66.8 Å². The predicted molar refractivity (Wildman–Crippen MR) is 142 cm³/mol. The Labute approximate surface area is 210 Å². The second-order valence-corrected chi connectivity index (χ2v) is 13.0. The summed E-state index contributed by atoms with van der Waals surface area (Å²) in [5, 5.41) is 20.4. The number of hydrogen-bond acceptors (Lipinski definition) is 5.